The van der Waals surface area contributed by atoms with Crippen molar-refractivity contribution in [2.24, 2.45) is 5.92 Å². The molecule has 2 unspecified atom stereocenters. The summed E-state index contributed by atoms with van der Waals surface area (Å²) in [5.41, 5.74) is 0.893. The number of nitriles is 1. The number of carbonyl (C=O) groups is 3. The summed E-state index contributed by atoms with van der Waals surface area (Å²) < 4.78 is 10.5. The molecule has 0 bridgehead atoms. The third-order valence-corrected chi connectivity index (χ3v) is 5.84. The molecule has 2 rings (SSSR count). The van der Waals surface area contributed by atoms with Crippen LogP contribution in [0.3, 0.4) is 0 Å². The van der Waals surface area contributed by atoms with Crippen molar-refractivity contribution in [3.05, 3.63) is 44.0 Å². The van der Waals surface area contributed by atoms with Gasteiger partial charge in [-0.15, -0.1) is 0 Å². The van der Waals surface area contributed by atoms with E-state index >= 15 is 0 Å². The molecule has 0 aliphatic carbocycles. The maximum absolute atomic E-state index is 12.7. The molecule has 9 heteroatoms. The minimum Gasteiger partial charge on any atom is -0.468 e. The van der Waals surface area contributed by atoms with Crippen molar-refractivity contribution >= 4 is 52.2 Å². The summed E-state index contributed by atoms with van der Waals surface area (Å²) in [5, 5.41) is 12.6. The number of ether oxygens (including phenoxy) is 2. The number of hydrogen-bond donors (Lipinski definition) is 1. The van der Waals surface area contributed by atoms with Crippen molar-refractivity contribution in [3.8, 4) is 6.07 Å². The summed E-state index contributed by atoms with van der Waals surface area (Å²) in [6, 6.07) is 9.32. The van der Waals surface area contributed by atoms with E-state index in [1.807, 2.05) is 12.1 Å². The summed E-state index contributed by atoms with van der Waals surface area (Å²) in [5.74, 6) is -3.79. The van der Waals surface area contributed by atoms with E-state index in [-0.39, 0.29) is 23.0 Å². The summed E-state index contributed by atoms with van der Waals surface area (Å²) in [7, 11) is 1.26. The first-order valence-electron chi connectivity index (χ1n) is 8.00. The minimum absolute atomic E-state index is 0.0695. The van der Waals surface area contributed by atoms with Crippen molar-refractivity contribution in [3.63, 3.8) is 0 Å². The summed E-state index contributed by atoms with van der Waals surface area (Å²) >= 11 is 3.09. The van der Waals surface area contributed by atoms with Crippen LogP contribution in [0.4, 0.5) is 0 Å². The summed E-state index contributed by atoms with van der Waals surface area (Å²) in [6.45, 7) is 1.77. The van der Waals surface area contributed by atoms with Gasteiger partial charge in [-0.05, 0) is 41.1 Å². The highest BCUT2D eigenvalue weighted by atomic mass is 127. The molecule has 0 spiro atoms. The standard InChI is InChI=1S/C18H17IN2O5S/c1-3-26-18(24)15-14(10-6-4-5-7-12(10)19)11(8-20)17(21-16(15)23)27-9-13(22)25-2/h4-7,14-15H,3,9H2,1-2H3,(H,21,23). The number of allylic oxidation sites excluding steroid dienone is 1. The fourth-order valence-electron chi connectivity index (χ4n) is 2.68. The van der Waals surface area contributed by atoms with Crippen molar-refractivity contribution in [1.29, 1.82) is 5.26 Å². The fraction of sp³-hybridized carbons (Fsp3) is 0.333. The Bertz CT molecular complexity index is 833. The molecule has 0 aromatic heterocycles. The number of nitrogens with one attached hydrogen (secondary N) is 1. The number of methoxy groups -OCH3 is 1. The molecule has 1 heterocycles. The molecule has 1 aromatic rings. The Hall–Kier alpha value is -2.06. The van der Waals surface area contributed by atoms with Gasteiger partial charge < -0.3 is 14.8 Å². The molecule has 1 N–H and O–H groups in total. The predicted molar refractivity (Wildman–Crippen MR) is 107 cm³/mol. The van der Waals surface area contributed by atoms with Crippen LogP contribution in [-0.2, 0) is 23.9 Å². The first-order chi connectivity index (χ1) is 12.9. The van der Waals surface area contributed by atoms with Crippen LogP contribution >= 0.6 is 34.4 Å². The Kier molecular flexibility index (Phi) is 7.67. The lowest BCUT2D eigenvalue weighted by Crippen LogP contribution is -2.44. The number of rotatable bonds is 6. The quantitative estimate of drug-likeness (QED) is 0.363. The monoisotopic (exact) mass is 500 g/mol. The average Bonchev–Trinajstić information content (AvgIpc) is 2.65. The van der Waals surface area contributed by atoms with Crippen LogP contribution in [0.2, 0.25) is 0 Å². The van der Waals surface area contributed by atoms with Crippen LogP contribution in [0.15, 0.2) is 34.9 Å². The fourth-order valence-corrected chi connectivity index (χ4v) is 4.28. The lowest BCUT2D eigenvalue weighted by molar-refractivity contribution is -0.153. The second kappa shape index (κ2) is 9.75. The van der Waals surface area contributed by atoms with Gasteiger partial charge in [-0.25, -0.2) is 0 Å². The van der Waals surface area contributed by atoms with Crippen LogP contribution in [0.25, 0.3) is 0 Å². The molecule has 0 radical (unpaired) electrons. The second-order valence-corrected chi connectivity index (χ2v) is 7.59. The Balaban J connectivity index is 2.57. The van der Waals surface area contributed by atoms with E-state index in [0.29, 0.717) is 5.56 Å². The van der Waals surface area contributed by atoms with Gasteiger partial charge in [0.05, 0.1) is 36.1 Å². The van der Waals surface area contributed by atoms with Gasteiger partial charge in [0, 0.05) is 9.49 Å². The highest BCUT2D eigenvalue weighted by Crippen LogP contribution is 2.41. The van der Waals surface area contributed by atoms with Crippen LogP contribution in [0.1, 0.15) is 18.4 Å². The normalized spacial score (nSPS) is 19.1. The molecule has 7 nitrogen and oxygen atoms in total. The van der Waals surface area contributed by atoms with Gasteiger partial charge in [-0.3, -0.25) is 14.4 Å². The molecule has 142 valence electrons. The number of amides is 1. The number of thioether (sulfide) groups is 1. The maximum Gasteiger partial charge on any atom is 0.319 e. The zero-order valence-corrected chi connectivity index (χ0v) is 17.6. The van der Waals surface area contributed by atoms with Gasteiger partial charge >= 0.3 is 11.9 Å². The predicted octanol–water partition coefficient (Wildman–Crippen LogP) is 2.33. The largest absolute Gasteiger partial charge is 0.468 e. The van der Waals surface area contributed by atoms with Gasteiger partial charge in [-0.1, -0.05) is 30.0 Å². The third kappa shape index (κ3) is 4.81. The summed E-state index contributed by atoms with van der Waals surface area (Å²) in [6.07, 6.45) is 0. The zero-order valence-electron chi connectivity index (χ0n) is 14.7. The van der Waals surface area contributed by atoms with E-state index in [4.69, 9.17) is 4.74 Å². The van der Waals surface area contributed by atoms with Gasteiger partial charge in [-0.2, -0.15) is 5.26 Å². The first-order valence-corrected chi connectivity index (χ1v) is 10.1. The molecule has 1 amide bonds. The van der Waals surface area contributed by atoms with Crippen molar-refractivity contribution in [2.45, 2.75) is 12.8 Å². The average molecular weight is 500 g/mol. The van der Waals surface area contributed by atoms with Crippen LogP contribution in [0, 0.1) is 20.8 Å². The number of benzene rings is 1. The van der Waals surface area contributed by atoms with Crippen molar-refractivity contribution in [1.82, 2.24) is 5.32 Å². The Morgan fingerprint density at radius 3 is 2.67 bits per heavy atom. The first kappa shape index (κ1) is 21.2. The minimum atomic E-state index is -1.18. The SMILES string of the molecule is CCOC(=O)C1C(=O)NC(SCC(=O)OC)=C(C#N)C1c1ccccc1I. The van der Waals surface area contributed by atoms with E-state index in [1.54, 1.807) is 19.1 Å². The van der Waals surface area contributed by atoms with Gasteiger partial charge in [0.2, 0.25) is 5.91 Å². The van der Waals surface area contributed by atoms with Crippen molar-refractivity contribution < 1.29 is 23.9 Å². The number of halogens is 1. The maximum atomic E-state index is 12.7. The molecule has 27 heavy (non-hydrogen) atoms. The second-order valence-electron chi connectivity index (χ2n) is 5.44. The summed E-state index contributed by atoms with van der Waals surface area (Å²) in [4.78, 5) is 36.6. The molecule has 0 fully saturated rings. The Morgan fingerprint density at radius 1 is 1.37 bits per heavy atom. The number of carbonyl (C=O) groups excluding carboxylic acids is 3. The molecule has 0 saturated heterocycles. The lowest BCUT2D eigenvalue weighted by Gasteiger charge is -2.31. The van der Waals surface area contributed by atoms with E-state index < -0.39 is 29.7 Å². The van der Waals surface area contributed by atoms with Crippen LogP contribution < -0.4 is 5.32 Å². The van der Waals surface area contributed by atoms with Crippen molar-refractivity contribution in [2.75, 3.05) is 19.5 Å². The van der Waals surface area contributed by atoms with E-state index in [2.05, 4.69) is 38.7 Å². The molecule has 1 aromatic carbocycles. The highest BCUT2D eigenvalue weighted by molar-refractivity contribution is 14.1. The van der Waals surface area contributed by atoms with Gasteiger partial charge in [0.25, 0.3) is 0 Å². The molecule has 1 aliphatic rings. The van der Waals surface area contributed by atoms with E-state index in [9.17, 15) is 19.6 Å². The van der Waals surface area contributed by atoms with Gasteiger partial charge in [0.15, 0.2) is 0 Å². The number of nitrogens with zero attached hydrogens (tertiary/aromatic N) is 1. The Labute approximate surface area is 174 Å². The topological polar surface area (TPSA) is 105 Å². The smallest absolute Gasteiger partial charge is 0.319 e. The molecule has 2 atom stereocenters. The number of hydrogen-bond acceptors (Lipinski definition) is 7. The molecular formula is C18H17IN2O5S. The zero-order chi connectivity index (χ0) is 20.0. The third-order valence-electron chi connectivity index (χ3n) is 3.87. The van der Waals surface area contributed by atoms with E-state index in [0.717, 1.165) is 15.3 Å². The van der Waals surface area contributed by atoms with Gasteiger partial charge in [0.1, 0.15) is 5.92 Å². The Morgan fingerprint density at radius 2 is 2.07 bits per heavy atom. The molecule has 0 saturated carbocycles. The molecule has 1 aliphatic heterocycles. The highest BCUT2D eigenvalue weighted by Gasteiger charge is 2.45. The lowest BCUT2D eigenvalue weighted by atomic mass is 9.78. The molecular weight excluding hydrogens is 483 g/mol. The number of esters is 2. The van der Waals surface area contributed by atoms with Crippen LogP contribution in [0.5, 0.6) is 0 Å². The van der Waals surface area contributed by atoms with E-state index in [1.165, 1.54) is 7.11 Å². The van der Waals surface area contributed by atoms with Crippen LogP contribution in [-0.4, -0.2) is 37.3 Å².